The molecule has 4 rings (SSSR count). The number of carbonyl (C=O) groups is 3. The zero-order chi connectivity index (χ0) is 28.5. The van der Waals surface area contributed by atoms with Crippen molar-refractivity contribution in [3.8, 4) is 0 Å². The van der Waals surface area contributed by atoms with E-state index in [1.165, 1.54) is 44.1 Å². The lowest BCUT2D eigenvalue weighted by molar-refractivity contribution is -0.125. The Morgan fingerprint density at radius 1 is 1.05 bits per heavy atom. The molecule has 0 saturated carbocycles. The van der Waals surface area contributed by atoms with Crippen LogP contribution in [-0.4, -0.2) is 75.5 Å². The first-order valence-electron chi connectivity index (χ1n) is 15.4. The number of hydrogen-bond donors (Lipinski definition) is 1. The van der Waals surface area contributed by atoms with Crippen LogP contribution < -0.4 is 5.32 Å². The number of benzene rings is 1. The molecule has 3 aliphatic rings. The predicted octanol–water partition coefficient (Wildman–Crippen LogP) is 5.46. The molecule has 8 heteroatoms. The minimum Gasteiger partial charge on any atom is -0.331 e. The molecule has 1 unspecified atom stereocenters. The summed E-state index contributed by atoms with van der Waals surface area (Å²) in [5, 5.41) is 5.42. The third-order valence-electron chi connectivity index (χ3n) is 8.68. The van der Waals surface area contributed by atoms with Gasteiger partial charge in [0.05, 0.1) is 6.54 Å². The zero-order valence-electron chi connectivity index (χ0n) is 24.8. The van der Waals surface area contributed by atoms with Crippen LogP contribution in [-0.2, 0) is 16.0 Å². The number of aryl methyl sites for hydroxylation is 2. The molecule has 1 atom stereocenters. The molecule has 3 heterocycles. The molecule has 0 aromatic heterocycles. The number of nitrogens with one attached hydrogen (secondary N) is 1. The average Bonchev–Trinajstić information content (AvgIpc) is 3.52. The van der Waals surface area contributed by atoms with Crippen LogP contribution in [0.5, 0.6) is 0 Å². The summed E-state index contributed by atoms with van der Waals surface area (Å²) in [6.45, 7) is 8.99. The van der Waals surface area contributed by atoms with E-state index in [9.17, 15) is 14.4 Å². The summed E-state index contributed by atoms with van der Waals surface area (Å²) in [4.78, 5) is 43.9. The fourth-order valence-corrected chi connectivity index (χ4v) is 7.96. The molecular formula is C32H48N4O3S. The highest BCUT2D eigenvalue weighted by Crippen LogP contribution is 2.35. The quantitative estimate of drug-likeness (QED) is 0.253. The van der Waals surface area contributed by atoms with Gasteiger partial charge in [-0.1, -0.05) is 56.9 Å². The van der Waals surface area contributed by atoms with Gasteiger partial charge in [0, 0.05) is 43.8 Å². The van der Waals surface area contributed by atoms with E-state index >= 15 is 0 Å². The van der Waals surface area contributed by atoms with E-state index in [1.54, 1.807) is 4.90 Å². The molecule has 220 valence electrons. The van der Waals surface area contributed by atoms with Crippen LogP contribution >= 0.6 is 10.7 Å². The first kappa shape index (κ1) is 30.6. The number of Topliss-reactive ketones (excluding diaryl/α,β-unsaturated/α-hetero) is 1. The molecule has 1 N–H and O–H groups in total. The maximum atomic E-state index is 12.9. The van der Waals surface area contributed by atoms with Gasteiger partial charge in [-0.3, -0.25) is 23.7 Å². The fourth-order valence-electron chi connectivity index (χ4n) is 6.09. The molecule has 1 aromatic rings. The first-order chi connectivity index (χ1) is 19.3. The van der Waals surface area contributed by atoms with Crippen molar-refractivity contribution in [2.24, 2.45) is 4.99 Å². The van der Waals surface area contributed by atoms with Gasteiger partial charge in [0.25, 0.3) is 11.8 Å². The summed E-state index contributed by atoms with van der Waals surface area (Å²) in [5.41, 5.74) is 2.49. The van der Waals surface area contributed by atoms with Gasteiger partial charge in [-0.15, -0.1) is 10.7 Å². The van der Waals surface area contributed by atoms with Crippen molar-refractivity contribution in [2.45, 2.75) is 103 Å². The third-order valence-corrected chi connectivity index (χ3v) is 10.9. The maximum absolute atomic E-state index is 12.9. The molecule has 2 saturated heterocycles. The summed E-state index contributed by atoms with van der Waals surface area (Å²) in [7, 11) is 0.0221. The Balaban J connectivity index is 1.24. The Morgan fingerprint density at radius 2 is 1.77 bits per heavy atom. The molecule has 3 aliphatic heterocycles. The van der Waals surface area contributed by atoms with Crippen molar-refractivity contribution in [1.82, 2.24) is 14.5 Å². The topological polar surface area (TPSA) is 82.1 Å². The first-order valence-corrected chi connectivity index (χ1v) is 16.8. The number of piperidine rings is 1. The molecule has 1 spiro atoms. The number of amidine groups is 1. The Morgan fingerprint density at radius 3 is 2.42 bits per heavy atom. The summed E-state index contributed by atoms with van der Waals surface area (Å²) in [6.07, 6.45) is 12.7. The molecule has 0 aliphatic carbocycles. The van der Waals surface area contributed by atoms with Crippen LogP contribution in [0, 0.1) is 6.92 Å². The fraction of sp³-hybridized carbons (Fsp3) is 0.656. The number of rotatable bonds is 13. The third kappa shape index (κ3) is 7.69. The van der Waals surface area contributed by atoms with Gasteiger partial charge < -0.3 is 10.2 Å². The Hall–Kier alpha value is -2.32. The van der Waals surface area contributed by atoms with Gasteiger partial charge in [0.1, 0.15) is 11.4 Å². The van der Waals surface area contributed by atoms with Crippen molar-refractivity contribution >= 4 is 39.5 Å². The number of likely N-dealkylation sites (tertiary alicyclic amines) is 1. The standard InChI is InChI=1S/C32H48N4O3S/c1-4-6-7-8-9-10-11-12-29-33-31(39)32(34-29)17-20-36(21-18-32)40(5-2)22-16-26-13-14-27(23-25(26)3)30(38)35-19-15-28(37)24-35/h5,13-14,23H,4,6-12,15-22,24H2,1-3H3,(H,33,34,39). The number of hydrogen-bond acceptors (Lipinski definition) is 5. The van der Waals surface area contributed by atoms with Gasteiger partial charge in [-0.05, 0) is 62.8 Å². The lowest BCUT2D eigenvalue weighted by Gasteiger charge is -2.37. The average molecular weight is 569 g/mol. The van der Waals surface area contributed by atoms with Crippen molar-refractivity contribution in [1.29, 1.82) is 0 Å². The van der Waals surface area contributed by atoms with Crippen molar-refractivity contribution in [3.63, 3.8) is 0 Å². The van der Waals surface area contributed by atoms with Gasteiger partial charge >= 0.3 is 0 Å². The van der Waals surface area contributed by atoms with Crippen LogP contribution in [0.15, 0.2) is 23.2 Å². The van der Waals surface area contributed by atoms with Gasteiger partial charge in [-0.2, -0.15) is 0 Å². The van der Waals surface area contributed by atoms with Crippen molar-refractivity contribution in [2.75, 3.05) is 31.9 Å². The Kier molecular flexibility index (Phi) is 11.1. The number of ketones is 1. The molecular weight excluding hydrogens is 520 g/mol. The lowest BCUT2D eigenvalue weighted by Crippen LogP contribution is -2.47. The number of amides is 2. The van der Waals surface area contributed by atoms with E-state index in [0.717, 1.165) is 62.3 Å². The molecule has 2 fully saturated rings. The van der Waals surface area contributed by atoms with Crippen LogP contribution in [0.25, 0.3) is 0 Å². The summed E-state index contributed by atoms with van der Waals surface area (Å²) >= 11 is 0. The van der Waals surface area contributed by atoms with E-state index < -0.39 is 5.54 Å². The van der Waals surface area contributed by atoms with Gasteiger partial charge in [0.15, 0.2) is 5.78 Å². The van der Waals surface area contributed by atoms with Crippen LogP contribution in [0.1, 0.15) is 106 Å². The van der Waals surface area contributed by atoms with Crippen molar-refractivity contribution < 1.29 is 14.4 Å². The monoisotopic (exact) mass is 568 g/mol. The zero-order valence-corrected chi connectivity index (χ0v) is 25.6. The minimum absolute atomic E-state index is 0.0221. The van der Waals surface area contributed by atoms with Gasteiger partial charge in [-0.25, -0.2) is 0 Å². The highest BCUT2D eigenvalue weighted by molar-refractivity contribution is 8.12. The van der Waals surface area contributed by atoms with Crippen LogP contribution in [0.3, 0.4) is 0 Å². The highest BCUT2D eigenvalue weighted by Gasteiger charge is 2.45. The molecule has 7 nitrogen and oxygen atoms in total. The second-order valence-electron chi connectivity index (χ2n) is 11.6. The highest BCUT2D eigenvalue weighted by atomic mass is 32.2. The smallest absolute Gasteiger partial charge is 0.254 e. The van der Waals surface area contributed by atoms with E-state index in [2.05, 4.69) is 41.8 Å². The second kappa shape index (κ2) is 14.5. The van der Waals surface area contributed by atoms with Crippen LogP contribution in [0.4, 0.5) is 0 Å². The van der Waals surface area contributed by atoms with E-state index in [4.69, 9.17) is 4.99 Å². The predicted molar refractivity (Wildman–Crippen MR) is 166 cm³/mol. The van der Waals surface area contributed by atoms with Gasteiger partial charge in [0.2, 0.25) is 0 Å². The summed E-state index contributed by atoms with van der Waals surface area (Å²) < 4.78 is 2.53. The number of carbonyl (C=O) groups excluding carboxylic acids is 3. The normalized spacial score (nSPS) is 19.9. The Labute approximate surface area is 243 Å². The minimum atomic E-state index is -0.561. The largest absolute Gasteiger partial charge is 0.331 e. The Bertz CT molecular complexity index is 1140. The molecule has 0 radical (unpaired) electrons. The molecule has 0 bridgehead atoms. The number of aliphatic imine (C=N–C) groups is 1. The van der Waals surface area contributed by atoms with Crippen molar-refractivity contribution in [3.05, 3.63) is 34.9 Å². The number of unbranched alkanes of at least 4 members (excludes halogenated alkanes) is 6. The van der Waals surface area contributed by atoms with E-state index in [-0.39, 0.29) is 34.8 Å². The van der Waals surface area contributed by atoms with Crippen LogP contribution in [0.2, 0.25) is 0 Å². The van der Waals surface area contributed by atoms with E-state index in [0.29, 0.717) is 18.5 Å². The van der Waals surface area contributed by atoms with E-state index in [1.807, 2.05) is 12.1 Å². The molecule has 40 heavy (non-hydrogen) atoms. The second-order valence-corrected chi connectivity index (χ2v) is 13.8. The molecule has 1 aromatic carbocycles. The molecule has 2 amide bonds. The number of nitrogens with zero attached hydrogens (tertiary/aromatic N) is 3. The summed E-state index contributed by atoms with van der Waals surface area (Å²) in [5.74, 6) is 2.12. The SMILES string of the molecule is C/C=S(/CCc1ccc(C(=O)N2CCC(=O)C2)cc1C)N1CCC2(CC1)N=C(CCCCCCCCC)NC2=O. The lowest BCUT2D eigenvalue weighted by atomic mass is 9.89. The maximum Gasteiger partial charge on any atom is 0.254 e. The summed E-state index contributed by atoms with van der Waals surface area (Å²) in [6, 6.07) is 5.96.